The molecule has 8 aromatic rings. The molecule has 17 heteroatoms. The van der Waals surface area contributed by atoms with Gasteiger partial charge in [0.1, 0.15) is 18.4 Å². The molecule has 0 aliphatic carbocycles. The van der Waals surface area contributed by atoms with Gasteiger partial charge in [0, 0.05) is 72.0 Å². The van der Waals surface area contributed by atoms with Crippen molar-refractivity contribution in [1.29, 1.82) is 0 Å². The van der Waals surface area contributed by atoms with Crippen LogP contribution >= 0.6 is 0 Å². The first-order chi connectivity index (χ1) is 37.9. The number of esters is 4. The number of H-pyrrole nitrogens is 2. The number of hydrogen-bond donors (Lipinski definition) is 2. The van der Waals surface area contributed by atoms with Crippen LogP contribution in [0.4, 0.5) is 0 Å². The Morgan fingerprint density at radius 2 is 0.910 bits per heavy atom. The normalized spacial score (nSPS) is 17.6. The Morgan fingerprint density at radius 1 is 0.500 bits per heavy atom. The zero-order valence-electron chi connectivity index (χ0n) is 42.8. The smallest absolute Gasteiger partial charge is 0.303 e. The molecule has 4 aromatic carbocycles. The summed E-state index contributed by atoms with van der Waals surface area (Å²) in [5.74, 6) is -2.88. The molecule has 11 rings (SSSR count). The fourth-order valence-electron chi connectivity index (χ4n) is 10.00. The topological polar surface area (TPSA) is 212 Å². The first-order valence-electron chi connectivity index (χ1n) is 25.2. The molecule has 0 radical (unpaired) electrons. The Morgan fingerprint density at radius 3 is 1.33 bits per heavy atom. The van der Waals surface area contributed by atoms with Gasteiger partial charge in [-0.05, 0) is 83.0 Å². The van der Waals surface area contributed by atoms with E-state index in [2.05, 4.69) is 99.2 Å². The Labute approximate surface area is 447 Å². The van der Waals surface area contributed by atoms with E-state index in [0.717, 1.165) is 110 Å². The van der Waals surface area contributed by atoms with Crippen molar-refractivity contribution in [3.63, 3.8) is 0 Å². The average Bonchev–Trinajstić information content (AvgIpc) is 4.36. The monoisotopic (exact) mass is 1040 g/mol. The van der Waals surface area contributed by atoms with Crippen molar-refractivity contribution in [3.8, 4) is 50.2 Å². The summed E-state index contributed by atoms with van der Waals surface area (Å²) in [6.07, 6.45) is 3.26. The average molecular weight is 1040 g/mol. The highest BCUT2D eigenvalue weighted by Gasteiger charge is 2.53. The number of nitrogens with zero attached hydrogens (tertiary/aromatic N) is 5. The van der Waals surface area contributed by atoms with Crippen molar-refractivity contribution in [2.75, 3.05) is 6.61 Å². The fraction of sp³-hybridized carbons (Fsp3) is 0.180. The Balaban J connectivity index is 0.989. The maximum atomic E-state index is 12.4. The molecule has 3 aliphatic heterocycles. The molecule has 5 atom stereocenters. The van der Waals surface area contributed by atoms with Crippen LogP contribution in [0.25, 0.3) is 96.6 Å². The lowest BCUT2D eigenvalue weighted by Gasteiger charge is -2.43. The number of rotatable bonds is 13. The largest absolute Gasteiger partial charge is 0.463 e. The van der Waals surface area contributed by atoms with E-state index >= 15 is 0 Å². The molecule has 2 N–H and O–H groups in total. The minimum Gasteiger partial charge on any atom is -0.463 e. The van der Waals surface area contributed by atoms with Gasteiger partial charge >= 0.3 is 23.9 Å². The molecule has 17 nitrogen and oxygen atoms in total. The number of ether oxygens (including phenoxy) is 6. The van der Waals surface area contributed by atoms with Crippen LogP contribution in [0.2, 0.25) is 0 Å². The van der Waals surface area contributed by atoms with E-state index in [4.69, 9.17) is 38.4 Å². The maximum absolute atomic E-state index is 12.4. The zero-order chi connectivity index (χ0) is 53.9. The Hall–Kier alpha value is -9.58. The molecule has 8 bridgehead atoms. The number of benzene rings is 4. The molecule has 1 saturated heterocycles. The van der Waals surface area contributed by atoms with Crippen LogP contribution in [0.1, 0.15) is 56.2 Å². The highest BCUT2D eigenvalue weighted by Crippen LogP contribution is 2.39. The Bertz CT molecular complexity index is 3780. The fourth-order valence-corrected chi connectivity index (χ4v) is 10.00. The lowest BCUT2D eigenvalue weighted by Crippen LogP contribution is -2.62. The van der Waals surface area contributed by atoms with E-state index in [0.29, 0.717) is 11.4 Å². The van der Waals surface area contributed by atoms with Crippen molar-refractivity contribution in [1.82, 2.24) is 34.9 Å². The third-order valence-electron chi connectivity index (χ3n) is 13.2. The quantitative estimate of drug-likeness (QED) is 0.0813. The van der Waals surface area contributed by atoms with Gasteiger partial charge in [-0.1, -0.05) is 108 Å². The number of carbonyl (C=O) groups is 4. The molecule has 0 spiro atoms. The van der Waals surface area contributed by atoms with Crippen LogP contribution in [-0.2, 0) is 54.2 Å². The first-order valence-corrected chi connectivity index (χ1v) is 25.2. The number of nitrogens with one attached hydrogen (secondary N) is 2. The lowest BCUT2D eigenvalue weighted by atomic mass is 9.98. The van der Waals surface area contributed by atoms with E-state index < -0.39 is 61.2 Å². The summed E-state index contributed by atoms with van der Waals surface area (Å²) in [5.41, 5.74) is 15.3. The number of carbonyl (C=O) groups excluding carboxylic acids is 4. The molecule has 7 heterocycles. The van der Waals surface area contributed by atoms with Crippen molar-refractivity contribution in [2.45, 2.75) is 65.0 Å². The van der Waals surface area contributed by atoms with Crippen molar-refractivity contribution in [3.05, 3.63) is 174 Å². The molecule has 4 aromatic heterocycles. The predicted molar refractivity (Wildman–Crippen MR) is 292 cm³/mol. The molecule has 0 unspecified atom stereocenters. The van der Waals surface area contributed by atoms with E-state index in [-0.39, 0.29) is 6.61 Å². The van der Waals surface area contributed by atoms with Crippen LogP contribution in [0, 0.1) is 0 Å². The van der Waals surface area contributed by atoms with Gasteiger partial charge < -0.3 is 38.4 Å². The van der Waals surface area contributed by atoms with Gasteiger partial charge in [-0.25, -0.2) is 14.6 Å². The second-order valence-electron chi connectivity index (χ2n) is 18.7. The number of hydrogen-bond acceptors (Lipinski definition) is 14. The van der Waals surface area contributed by atoms with Gasteiger partial charge in [0.2, 0.25) is 0 Å². The molecular formula is C61H51N7O10. The second-order valence-corrected chi connectivity index (χ2v) is 18.7. The van der Waals surface area contributed by atoms with Gasteiger partial charge in [-0.3, -0.25) is 19.2 Å². The van der Waals surface area contributed by atoms with Gasteiger partial charge in [-0.15, -0.1) is 5.10 Å². The highest BCUT2D eigenvalue weighted by molar-refractivity contribution is 6.00. The van der Waals surface area contributed by atoms with E-state index in [1.54, 1.807) is 10.9 Å². The van der Waals surface area contributed by atoms with E-state index in [1.165, 1.54) is 6.92 Å². The summed E-state index contributed by atoms with van der Waals surface area (Å²) in [5, 5.41) is 8.73. The molecule has 1 fully saturated rings. The van der Waals surface area contributed by atoms with Crippen molar-refractivity contribution < 1.29 is 47.6 Å². The van der Waals surface area contributed by atoms with E-state index in [9.17, 15) is 19.2 Å². The summed E-state index contributed by atoms with van der Waals surface area (Å²) in [4.78, 5) is 67.2. The number of aromatic nitrogens is 7. The minimum atomic E-state index is -1.40. The van der Waals surface area contributed by atoms with Gasteiger partial charge in [0.15, 0.2) is 24.6 Å². The Kier molecular flexibility index (Phi) is 14.2. The van der Waals surface area contributed by atoms with Gasteiger partial charge in [0.05, 0.1) is 41.3 Å². The van der Waals surface area contributed by atoms with Gasteiger partial charge in [0.25, 0.3) is 0 Å². The highest BCUT2D eigenvalue weighted by atomic mass is 16.7. The van der Waals surface area contributed by atoms with E-state index in [1.807, 2.05) is 84.9 Å². The third kappa shape index (κ3) is 10.6. The van der Waals surface area contributed by atoms with Crippen LogP contribution < -0.4 is 0 Å². The van der Waals surface area contributed by atoms with Crippen molar-refractivity contribution in [2.24, 2.45) is 0 Å². The lowest BCUT2D eigenvalue weighted by molar-refractivity contribution is -0.310. The SMILES string of the molecule is CC(=O)OC[C@H]1O[C@@H](OCc2cn(-c3ccc(-c4c5nc(c(-c6ccccc6)c6ccc([nH]6)c(-c6ccccc6)c6nc(c(-c7ccccc7)c7ccc4[nH]7)C=C6)C=C5)cc3)nn2)[C@H](OC(C)=O)[C@@H](OC(C)=O)[C@@H]1OC(C)=O. The number of aromatic amines is 2. The summed E-state index contributed by atoms with van der Waals surface area (Å²) in [7, 11) is 0. The molecule has 78 heavy (non-hydrogen) atoms. The number of fused-ring (bicyclic) bond motifs is 8. The van der Waals surface area contributed by atoms with Crippen LogP contribution in [0.5, 0.6) is 0 Å². The predicted octanol–water partition coefficient (Wildman–Crippen LogP) is 10.5. The summed E-state index contributed by atoms with van der Waals surface area (Å²) in [6.45, 7) is 4.05. The van der Waals surface area contributed by atoms with Crippen molar-refractivity contribution >= 4 is 70.2 Å². The standard InChI is InChI=1S/C61H51N7O10/c1-35(69)73-34-53-58(75-36(2)70)59(76-37(3)71)60(77-38(4)72)61(78-53)74-33-43-32-68(67-66-43)44-22-20-42(21-23-44)57-51-30-28-49(64-51)55(40-16-10-6-11-17-40)47-26-24-45(62-47)54(39-14-8-5-9-15-39)46-25-27-48(63-46)56(41-18-12-7-13-19-41)50-29-31-52(57)65-50/h5-32,53,58-62,65H,33-34H2,1-4H3/t53-,58-,59+,60-,61-/m1/s1. The summed E-state index contributed by atoms with van der Waals surface area (Å²) in [6, 6.07) is 47.0. The molecule has 3 aliphatic rings. The van der Waals surface area contributed by atoms with Crippen LogP contribution in [0.15, 0.2) is 146 Å². The summed E-state index contributed by atoms with van der Waals surface area (Å²) < 4.78 is 35.6. The second kappa shape index (κ2) is 21.9. The zero-order valence-corrected chi connectivity index (χ0v) is 42.8. The summed E-state index contributed by atoms with van der Waals surface area (Å²) >= 11 is 0. The minimum absolute atomic E-state index is 0.217. The van der Waals surface area contributed by atoms with Crippen LogP contribution in [-0.4, -0.2) is 96.1 Å². The third-order valence-corrected chi connectivity index (χ3v) is 13.2. The molecule has 0 saturated carbocycles. The maximum Gasteiger partial charge on any atom is 0.303 e. The molecule has 0 amide bonds. The first kappa shape index (κ1) is 50.6. The molecular weight excluding hydrogens is 991 g/mol. The van der Waals surface area contributed by atoms with Gasteiger partial charge in [-0.2, -0.15) is 0 Å². The van der Waals surface area contributed by atoms with Crippen LogP contribution in [0.3, 0.4) is 0 Å². The molecule has 390 valence electrons.